The lowest BCUT2D eigenvalue weighted by molar-refractivity contribution is -0.134. The van der Waals surface area contributed by atoms with Gasteiger partial charge in [0, 0.05) is 11.4 Å². The molecule has 0 aliphatic heterocycles. The molecule has 2 aromatic rings. The van der Waals surface area contributed by atoms with E-state index in [0.717, 1.165) is 12.0 Å². The second-order valence-electron chi connectivity index (χ2n) is 7.59. The van der Waals surface area contributed by atoms with Gasteiger partial charge in [-0.05, 0) is 53.8 Å². The van der Waals surface area contributed by atoms with Crippen LogP contribution in [0.3, 0.4) is 0 Å². The molecule has 1 saturated carbocycles. The van der Waals surface area contributed by atoms with Gasteiger partial charge in [-0.1, -0.05) is 61.5 Å². The van der Waals surface area contributed by atoms with Gasteiger partial charge in [-0.3, -0.25) is 4.79 Å². The van der Waals surface area contributed by atoms with Crippen molar-refractivity contribution in [3.63, 3.8) is 0 Å². The van der Waals surface area contributed by atoms with E-state index in [1.807, 2.05) is 18.2 Å². The number of carboxylic acids is 1. The summed E-state index contributed by atoms with van der Waals surface area (Å²) in [5.41, 5.74) is 1.50. The van der Waals surface area contributed by atoms with E-state index in [2.05, 4.69) is 5.32 Å². The monoisotopic (exact) mass is 427 g/mol. The van der Waals surface area contributed by atoms with E-state index >= 15 is 0 Å². The van der Waals surface area contributed by atoms with Crippen LogP contribution in [0.4, 0.5) is 0 Å². The van der Waals surface area contributed by atoms with Gasteiger partial charge in [-0.15, -0.1) is 0 Å². The minimum absolute atomic E-state index is 0.126. The molecule has 0 heterocycles. The van der Waals surface area contributed by atoms with Gasteiger partial charge >= 0.3 is 5.97 Å². The van der Waals surface area contributed by atoms with Crippen molar-refractivity contribution < 1.29 is 19.4 Å². The van der Waals surface area contributed by atoms with Crippen molar-refractivity contribution in [1.82, 2.24) is 5.32 Å². The number of hydrogen-bond acceptors (Lipinski definition) is 3. The average Bonchev–Trinajstić information content (AvgIpc) is 3.25. The molecule has 0 atom stereocenters. The highest BCUT2D eigenvalue weighted by atomic mass is 35.5. The molecule has 0 unspecified atom stereocenters. The minimum Gasteiger partial charge on any atom is -0.489 e. The molecule has 3 rings (SSSR count). The first-order valence-electron chi connectivity index (χ1n) is 10.2. The zero-order chi connectivity index (χ0) is 21.3. The Labute approximate surface area is 181 Å². The average molecular weight is 428 g/mol. The van der Waals surface area contributed by atoms with Gasteiger partial charge in [0.15, 0.2) is 0 Å². The summed E-state index contributed by atoms with van der Waals surface area (Å²) in [6.07, 6.45) is 7.41. The maximum Gasteiger partial charge on any atom is 0.352 e. The molecule has 0 radical (unpaired) electrons. The van der Waals surface area contributed by atoms with E-state index in [1.165, 1.54) is 31.8 Å². The molecular weight excluding hydrogens is 402 g/mol. The summed E-state index contributed by atoms with van der Waals surface area (Å²) < 4.78 is 5.73. The molecule has 0 saturated heterocycles. The van der Waals surface area contributed by atoms with Crippen molar-refractivity contribution in [2.75, 3.05) is 0 Å². The standard InChI is InChI=1S/C24H26ClNO4/c25-20-7-3-6-19(14-20)16-30-21-11-8-18(9-12-21)15-22(24(28)29)26-23(27)13-10-17-4-1-2-5-17/h3,6-9,11-12,14-15,17H,1-2,4-5,10,13,16H2,(H,26,27)(H,28,29). The highest BCUT2D eigenvalue weighted by Crippen LogP contribution is 2.28. The van der Waals surface area contributed by atoms with Crippen LogP contribution in [0.5, 0.6) is 5.75 Å². The molecule has 1 fully saturated rings. The van der Waals surface area contributed by atoms with Crippen LogP contribution in [-0.2, 0) is 16.2 Å². The number of hydrogen-bond donors (Lipinski definition) is 2. The zero-order valence-electron chi connectivity index (χ0n) is 16.8. The molecule has 1 amide bonds. The molecule has 0 aromatic heterocycles. The lowest BCUT2D eigenvalue weighted by atomic mass is 10.0. The van der Waals surface area contributed by atoms with Gasteiger partial charge in [0.2, 0.25) is 5.91 Å². The SMILES string of the molecule is O=C(CCC1CCCC1)NC(=Cc1ccc(OCc2cccc(Cl)c2)cc1)C(=O)O. The van der Waals surface area contributed by atoms with Crippen molar-refractivity contribution in [3.05, 3.63) is 70.4 Å². The van der Waals surface area contributed by atoms with Crippen molar-refractivity contribution in [1.29, 1.82) is 0 Å². The molecule has 158 valence electrons. The fourth-order valence-corrected chi connectivity index (χ4v) is 3.83. The molecule has 0 spiro atoms. The van der Waals surface area contributed by atoms with Gasteiger partial charge in [-0.25, -0.2) is 4.79 Å². The van der Waals surface area contributed by atoms with E-state index in [9.17, 15) is 14.7 Å². The number of carbonyl (C=O) groups is 2. The smallest absolute Gasteiger partial charge is 0.352 e. The van der Waals surface area contributed by atoms with Crippen LogP contribution in [0, 0.1) is 5.92 Å². The van der Waals surface area contributed by atoms with E-state index in [0.29, 0.717) is 35.3 Å². The van der Waals surface area contributed by atoms with Crippen molar-refractivity contribution in [2.24, 2.45) is 5.92 Å². The lowest BCUT2D eigenvalue weighted by Gasteiger charge is -2.10. The van der Waals surface area contributed by atoms with Crippen LogP contribution < -0.4 is 10.1 Å². The predicted molar refractivity (Wildman–Crippen MR) is 117 cm³/mol. The summed E-state index contributed by atoms with van der Waals surface area (Å²) in [4.78, 5) is 23.7. The molecule has 5 nitrogen and oxygen atoms in total. The first-order chi connectivity index (χ1) is 14.5. The van der Waals surface area contributed by atoms with Crippen molar-refractivity contribution >= 4 is 29.6 Å². The predicted octanol–water partition coefficient (Wildman–Crippen LogP) is 5.43. The maximum absolute atomic E-state index is 12.2. The zero-order valence-corrected chi connectivity index (χ0v) is 17.5. The normalized spacial score (nSPS) is 14.5. The Morgan fingerprint density at radius 3 is 2.53 bits per heavy atom. The summed E-state index contributed by atoms with van der Waals surface area (Å²) in [5.74, 6) is -0.167. The van der Waals surface area contributed by atoms with E-state index in [1.54, 1.807) is 30.3 Å². The molecule has 1 aliphatic carbocycles. The molecule has 6 heteroatoms. The summed E-state index contributed by atoms with van der Waals surface area (Å²) >= 11 is 5.97. The molecule has 1 aliphatic rings. The third-order valence-corrected chi connectivity index (χ3v) is 5.48. The Hall–Kier alpha value is -2.79. The van der Waals surface area contributed by atoms with Crippen LogP contribution in [-0.4, -0.2) is 17.0 Å². The fourth-order valence-electron chi connectivity index (χ4n) is 3.62. The maximum atomic E-state index is 12.2. The number of carboxylic acid groups (broad SMARTS) is 1. The summed E-state index contributed by atoms with van der Waals surface area (Å²) in [6.45, 7) is 0.382. The summed E-state index contributed by atoms with van der Waals surface area (Å²) in [6, 6.07) is 14.5. The van der Waals surface area contributed by atoms with Crippen LogP contribution >= 0.6 is 11.6 Å². The van der Waals surface area contributed by atoms with Gasteiger partial charge in [0.25, 0.3) is 0 Å². The Morgan fingerprint density at radius 2 is 1.87 bits per heavy atom. The second-order valence-corrected chi connectivity index (χ2v) is 8.02. The quantitative estimate of drug-likeness (QED) is 0.523. The summed E-state index contributed by atoms with van der Waals surface area (Å²) in [7, 11) is 0. The van der Waals surface area contributed by atoms with Crippen molar-refractivity contribution in [3.8, 4) is 5.75 Å². The Kier molecular flexibility index (Phi) is 7.91. The van der Waals surface area contributed by atoms with Crippen molar-refractivity contribution in [2.45, 2.75) is 45.1 Å². The third kappa shape index (κ3) is 6.92. The van der Waals surface area contributed by atoms with Crippen LogP contribution in [0.2, 0.25) is 5.02 Å². The number of amides is 1. The first-order valence-corrected chi connectivity index (χ1v) is 10.6. The topological polar surface area (TPSA) is 75.6 Å². The van der Waals surface area contributed by atoms with Gasteiger partial charge < -0.3 is 15.2 Å². The van der Waals surface area contributed by atoms with E-state index in [-0.39, 0.29) is 11.6 Å². The number of nitrogens with one attached hydrogen (secondary N) is 1. The van der Waals surface area contributed by atoms with E-state index in [4.69, 9.17) is 16.3 Å². The third-order valence-electron chi connectivity index (χ3n) is 5.24. The first kappa shape index (κ1) is 21.9. The molecular formula is C24H26ClNO4. The number of carbonyl (C=O) groups excluding carboxylic acids is 1. The van der Waals surface area contributed by atoms with Gasteiger partial charge in [0.05, 0.1) is 0 Å². The molecule has 2 aromatic carbocycles. The van der Waals surface area contributed by atoms with E-state index < -0.39 is 5.97 Å². The van der Waals surface area contributed by atoms with Gasteiger partial charge in [-0.2, -0.15) is 0 Å². The minimum atomic E-state index is -1.16. The number of ether oxygens (including phenoxy) is 1. The summed E-state index contributed by atoms with van der Waals surface area (Å²) in [5, 5.41) is 12.6. The highest BCUT2D eigenvalue weighted by molar-refractivity contribution is 6.30. The van der Waals surface area contributed by atoms with Crippen LogP contribution in [0.25, 0.3) is 6.08 Å². The fraction of sp³-hybridized carbons (Fsp3) is 0.333. The number of halogens is 1. The van der Waals surface area contributed by atoms with Crippen LogP contribution in [0.1, 0.15) is 49.7 Å². The molecule has 30 heavy (non-hydrogen) atoms. The largest absolute Gasteiger partial charge is 0.489 e. The van der Waals surface area contributed by atoms with Gasteiger partial charge in [0.1, 0.15) is 18.1 Å². The molecule has 0 bridgehead atoms. The number of benzene rings is 2. The number of rotatable bonds is 9. The Balaban J connectivity index is 1.55. The Morgan fingerprint density at radius 1 is 1.13 bits per heavy atom. The molecule has 2 N–H and O–H groups in total. The lowest BCUT2D eigenvalue weighted by Crippen LogP contribution is -2.27. The van der Waals surface area contributed by atoms with Crippen LogP contribution in [0.15, 0.2) is 54.2 Å². The highest BCUT2D eigenvalue weighted by Gasteiger charge is 2.17. The second kappa shape index (κ2) is 10.8. The Bertz CT molecular complexity index is 902. The number of aliphatic carboxylic acids is 1.